The standard InChI is InChI=1S/C2H4N.Na/c1-2-3-1;/h1,3H,2H2;. The van der Waals surface area contributed by atoms with E-state index in [0.29, 0.717) is 0 Å². The summed E-state index contributed by atoms with van der Waals surface area (Å²) in [6.07, 6.45) is 0. The van der Waals surface area contributed by atoms with Crippen molar-refractivity contribution in [3.05, 3.63) is 0 Å². The third-order valence-corrected chi connectivity index (χ3v) is 1.43. The molecule has 1 rings (SSSR count). The van der Waals surface area contributed by atoms with Crippen molar-refractivity contribution in [3.8, 4) is 0 Å². The first-order valence-electron chi connectivity index (χ1n) is 1.63. The van der Waals surface area contributed by atoms with Gasteiger partial charge in [0.05, 0.1) is 0 Å². The monoisotopic (exact) mass is 65.0 g/mol. The van der Waals surface area contributed by atoms with Gasteiger partial charge in [-0.1, -0.05) is 0 Å². The molecular weight excluding hydrogens is 61.0 g/mol. The van der Waals surface area contributed by atoms with Crippen molar-refractivity contribution in [1.29, 1.82) is 0 Å². The average Bonchev–Trinajstić information content (AvgIpc) is 1.75. The van der Waals surface area contributed by atoms with Gasteiger partial charge in [-0.2, -0.15) is 0 Å². The Kier molecular flexibility index (Phi) is 0.772. The van der Waals surface area contributed by atoms with Crippen molar-refractivity contribution in [2.24, 2.45) is 0 Å². The molecule has 1 nitrogen and oxygen atoms in total. The van der Waals surface area contributed by atoms with Crippen LogP contribution in [-0.2, 0) is 0 Å². The van der Waals surface area contributed by atoms with Gasteiger partial charge in [0.15, 0.2) is 0 Å². The molecule has 1 unspecified atom stereocenters. The molecule has 0 bridgehead atoms. The fraction of sp³-hybridized carbons (Fsp3) is 1.00. The predicted molar refractivity (Wildman–Crippen MR) is 17.5 cm³/mol. The summed E-state index contributed by atoms with van der Waals surface area (Å²) in [6, 6.07) is 0. The number of nitrogens with one attached hydrogen (secondary N) is 1. The molecule has 1 aliphatic heterocycles. The Morgan fingerprint density at radius 3 is 2.25 bits per heavy atom. The van der Waals surface area contributed by atoms with Crippen LogP contribution in [0.2, 0.25) is 0 Å². The van der Waals surface area contributed by atoms with Gasteiger partial charge in [-0.05, 0) is 0 Å². The van der Waals surface area contributed by atoms with Crippen molar-refractivity contribution in [3.63, 3.8) is 0 Å². The summed E-state index contributed by atoms with van der Waals surface area (Å²) in [4.78, 5) is 0. The van der Waals surface area contributed by atoms with E-state index < -0.39 is 0 Å². The molecule has 18 valence electrons. The van der Waals surface area contributed by atoms with Crippen molar-refractivity contribution in [2.45, 2.75) is 3.29 Å². The number of rotatable bonds is 0. The van der Waals surface area contributed by atoms with Crippen LogP contribution in [0.1, 0.15) is 0 Å². The molecule has 0 saturated carbocycles. The van der Waals surface area contributed by atoms with Crippen LogP contribution >= 0.6 is 0 Å². The van der Waals surface area contributed by atoms with Crippen molar-refractivity contribution in [1.82, 2.24) is 5.32 Å². The van der Waals surface area contributed by atoms with Gasteiger partial charge < -0.3 is 0 Å². The molecule has 0 radical (unpaired) electrons. The van der Waals surface area contributed by atoms with E-state index in [2.05, 4.69) is 5.32 Å². The maximum atomic E-state index is 3.16. The van der Waals surface area contributed by atoms with E-state index in [-0.39, 0.29) is 0 Å². The van der Waals surface area contributed by atoms with Gasteiger partial charge in [0.25, 0.3) is 0 Å². The molecule has 0 aromatic carbocycles. The zero-order chi connectivity index (χ0) is 2.99. The summed E-state index contributed by atoms with van der Waals surface area (Å²) in [6.45, 7) is 1.30. The molecule has 1 atom stereocenters. The summed E-state index contributed by atoms with van der Waals surface area (Å²) < 4.78 is 0.972. The molecule has 1 aliphatic rings. The Morgan fingerprint density at radius 2 is 2.25 bits per heavy atom. The predicted octanol–water partition coefficient (Wildman–Crippen LogP) is -0.916. The summed E-state index contributed by atoms with van der Waals surface area (Å²) in [5.74, 6) is 0. The normalized spacial score (nSPS) is 40.0. The number of hydrogen-bond acceptors (Lipinski definition) is 1. The van der Waals surface area contributed by atoms with Gasteiger partial charge in [0, 0.05) is 0 Å². The minimum atomic E-state index is 0.972. The molecule has 0 aromatic rings. The first-order chi connectivity index (χ1) is 1.89. The molecule has 0 spiro atoms. The molecule has 2 heteroatoms. The topological polar surface area (TPSA) is 21.9 Å². The molecule has 1 N–H and O–H groups in total. The SMILES string of the molecule is [Na][CH]1CN1. The van der Waals surface area contributed by atoms with Gasteiger partial charge >= 0.3 is 43.1 Å². The maximum absolute atomic E-state index is 3.16. The molecule has 0 aliphatic carbocycles. The fourth-order valence-corrected chi connectivity index (χ4v) is 0.354. The van der Waals surface area contributed by atoms with E-state index in [1.807, 2.05) is 0 Å². The van der Waals surface area contributed by atoms with Crippen LogP contribution in [0, 0.1) is 0 Å². The van der Waals surface area contributed by atoms with Gasteiger partial charge in [-0.3, -0.25) is 0 Å². The Morgan fingerprint density at radius 1 is 2.00 bits per heavy atom. The first-order valence-corrected chi connectivity index (χ1v) is 2.78. The van der Waals surface area contributed by atoms with E-state index in [9.17, 15) is 0 Å². The summed E-state index contributed by atoms with van der Waals surface area (Å²) in [7, 11) is 0. The van der Waals surface area contributed by atoms with Crippen molar-refractivity contribution < 1.29 is 0 Å². The van der Waals surface area contributed by atoms with E-state index >= 15 is 0 Å². The average molecular weight is 65.1 g/mol. The Balaban J connectivity index is 2.17. The molecule has 1 heterocycles. The molecule has 4 heavy (non-hydrogen) atoms. The van der Waals surface area contributed by atoms with Gasteiger partial charge in [-0.25, -0.2) is 0 Å². The van der Waals surface area contributed by atoms with Crippen molar-refractivity contribution in [2.75, 3.05) is 6.54 Å². The first kappa shape index (κ1) is 3.16. The molecular formula is C2H4NNa. The van der Waals surface area contributed by atoms with E-state index in [0.717, 1.165) is 3.29 Å². The van der Waals surface area contributed by atoms with Crippen LogP contribution in [0.25, 0.3) is 0 Å². The van der Waals surface area contributed by atoms with Gasteiger partial charge in [-0.15, -0.1) is 0 Å². The molecule has 1 saturated heterocycles. The van der Waals surface area contributed by atoms with E-state index in [4.69, 9.17) is 0 Å². The summed E-state index contributed by atoms with van der Waals surface area (Å²) >= 11 is 1.35. The second-order valence-corrected chi connectivity index (χ2v) is 2.70. The van der Waals surface area contributed by atoms with Gasteiger partial charge in [0.2, 0.25) is 0 Å². The fourth-order valence-electron chi connectivity index (χ4n) is 0.118. The van der Waals surface area contributed by atoms with E-state index in [1.165, 1.54) is 34.5 Å². The Labute approximate surface area is 43.2 Å². The second-order valence-electron chi connectivity index (χ2n) is 1.31. The molecule has 0 amide bonds. The van der Waals surface area contributed by atoms with Crippen LogP contribution in [-0.4, -0.2) is 37.8 Å². The molecule has 0 aromatic heterocycles. The van der Waals surface area contributed by atoms with Crippen LogP contribution in [0.15, 0.2) is 0 Å². The summed E-state index contributed by atoms with van der Waals surface area (Å²) in [5, 5.41) is 3.16. The van der Waals surface area contributed by atoms with E-state index in [1.54, 1.807) is 0 Å². The van der Waals surface area contributed by atoms with Crippen molar-refractivity contribution >= 4 is 27.9 Å². The Hall–Kier alpha value is 0.960. The zero-order valence-corrected chi connectivity index (χ0v) is 4.78. The quantitative estimate of drug-likeness (QED) is 0.286. The molecule has 1 fully saturated rings. The van der Waals surface area contributed by atoms with Gasteiger partial charge in [0.1, 0.15) is 0 Å². The van der Waals surface area contributed by atoms with Crippen LogP contribution < -0.4 is 5.32 Å². The van der Waals surface area contributed by atoms with Crippen LogP contribution in [0.3, 0.4) is 0 Å². The minimum absolute atomic E-state index is 0.972. The zero-order valence-electron chi connectivity index (χ0n) is 2.78. The third-order valence-electron chi connectivity index (χ3n) is 0.612. The number of hydrogen-bond donors (Lipinski definition) is 1. The van der Waals surface area contributed by atoms with Crippen LogP contribution in [0.5, 0.6) is 0 Å². The summed E-state index contributed by atoms with van der Waals surface area (Å²) in [5.41, 5.74) is 0. The Bertz CT molecular complexity index is 25.2. The van der Waals surface area contributed by atoms with Crippen LogP contribution in [0.4, 0.5) is 0 Å². The second kappa shape index (κ2) is 0.977. The third kappa shape index (κ3) is 0.725.